The van der Waals surface area contributed by atoms with Gasteiger partial charge in [0.15, 0.2) is 5.65 Å². The van der Waals surface area contributed by atoms with Gasteiger partial charge in [-0.15, -0.1) is 5.10 Å². The van der Waals surface area contributed by atoms with E-state index >= 15 is 0 Å². The van der Waals surface area contributed by atoms with E-state index in [4.69, 9.17) is 4.74 Å². The average Bonchev–Trinajstić information content (AvgIpc) is 3.49. The van der Waals surface area contributed by atoms with Gasteiger partial charge >= 0.3 is 0 Å². The minimum atomic E-state index is -3.96. The van der Waals surface area contributed by atoms with Gasteiger partial charge in [0.25, 0.3) is 10.0 Å². The summed E-state index contributed by atoms with van der Waals surface area (Å²) in [4.78, 5) is 6.95. The van der Waals surface area contributed by atoms with E-state index in [1.807, 2.05) is 23.9 Å². The molecular formula is C28H26FN5O3S. The second-order valence-corrected chi connectivity index (χ2v) is 11.5. The second-order valence-electron chi connectivity index (χ2n) is 9.67. The van der Waals surface area contributed by atoms with Crippen molar-refractivity contribution in [2.24, 2.45) is 0 Å². The number of hydrogen-bond acceptors (Lipinski definition) is 6. The molecule has 0 saturated carbocycles. The van der Waals surface area contributed by atoms with Crippen LogP contribution in [0.3, 0.4) is 0 Å². The van der Waals surface area contributed by atoms with Crippen LogP contribution in [-0.4, -0.2) is 59.3 Å². The van der Waals surface area contributed by atoms with Crippen molar-refractivity contribution in [1.29, 1.82) is 0 Å². The molecule has 6 rings (SSSR count). The van der Waals surface area contributed by atoms with Gasteiger partial charge in [-0.2, -0.15) is 0 Å². The van der Waals surface area contributed by atoms with Gasteiger partial charge in [0, 0.05) is 48.2 Å². The lowest BCUT2D eigenvalue weighted by molar-refractivity contribution is 0.129. The van der Waals surface area contributed by atoms with Crippen LogP contribution in [0.1, 0.15) is 11.6 Å². The highest BCUT2D eigenvalue weighted by atomic mass is 32.2. The molecule has 0 bridgehead atoms. The molecule has 0 spiro atoms. The fraction of sp³-hybridized carbons (Fsp3) is 0.214. The summed E-state index contributed by atoms with van der Waals surface area (Å²) in [5.41, 5.74) is 3.77. The number of methoxy groups -OCH3 is 1. The Labute approximate surface area is 220 Å². The summed E-state index contributed by atoms with van der Waals surface area (Å²) in [6, 6.07) is 14.9. The van der Waals surface area contributed by atoms with Gasteiger partial charge in [-0.3, -0.25) is 4.68 Å². The molecule has 10 heteroatoms. The summed E-state index contributed by atoms with van der Waals surface area (Å²) < 4.78 is 50.2. The van der Waals surface area contributed by atoms with E-state index in [1.54, 1.807) is 49.7 Å². The first-order chi connectivity index (χ1) is 18.2. The van der Waals surface area contributed by atoms with E-state index in [2.05, 4.69) is 22.0 Å². The van der Waals surface area contributed by atoms with Gasteiger partial charge in [-0.25, -0.2) is 21.8 Å². The molecule has 0 atom stereocenters. The second kappa shape index (κ2) is 9.07. The number of aromatic nitrogens is 4. The molecule has 2 aromatic carbocycles. The van der Waals surface area contributed by atoms with Gasteiger partial charge in [-0.1, -0.05) is 29.8 Å². The number of ether oxygens (including phenoxy) is 1. The maximum atomic E-state index is 14.2. The topological polar surface area (TPSA) is 82.2 Å². The van der Waals surface area contributed by atoms with Crippen molar-refractivity contribution in [3.05, 3.63) is 84.6 Å². The maximum Gasteiger partial charge on any atom is 0.269 e. The predicted octanol–water partition coefficient (Wildman–Crippen LogP) is 4.75. The summed E-state index contributed by atoms with van der Waals surface area (Å²) in [5, 5.41) is 5.19. The Hall–Kier alpha value is -4.02. The van der Waals surface area contributed by atoms with Crippen molar-refractivity contribution in [3.63, 3.8) is 0 Å². The Bertz CT molecular complexity index is 1770. The molecule has 194 valence electrons. The van der Waals surface area contributed by atoms with Crippen LogP contribution in [-0.2, 0) is 10.0 Å². The number of nitrogens with zero attached hydrogens (tertiary/aromatic N) is 5. The summed E-state index contributed by atoms with van der Waals surface area (Å²) in [7, 11) is -0.341. The van der Waals surface area contributed by atoms with Crippen LogP contribution in [0.15, 0.2) is 78.1 Å². The van der Waals surface area contributed by atoms with Crippen LogP contribution >= 0.6 is 0 Å². The smallest absolute Gasteiger partial charge is 0.269 e. The van der Waals surface area contributed by atoms with Crippen molar-refractivity contribution >= 4 is 21.1 Å². The molecule has 4 heterocycles. The molecule has 1 aliphatic rings. The zero-order valence-electron chi connectivity index (χ0n) is 21.2. The first-order valence-corrected chi connectivity index (χ1v) is 13.6. The minimum Gasteiger partial charge on any atom is -0.479 e. The minimum absolute atomic E-state index is 0.144. The van der Waals surface area contributed by atoms with Gasteiger partial charge in [0.05, 0.1) is 23.6 Å². The average molecular weight is 532 g/mol. The number of halogens is 1. The number of rotatable bonds is 6. The predicted molar refractivity (Wildman–Crippen MR) is 143 cm³/mol. The van der Waals surface area contributed by atoms with E-state index in [0.717, 1.165) is 29.8 Å². The molecule has 1 saturated heterocycles. The molecule has 0 aliphatic carbocycles. The third-order valence-electron chi connectivity index (χ3n) is 6.95. The molecule has 0 radical (unpaired) electrons. The highest BCUT2D eigenvalue weighted by Crippen LogP contribution is 2.37. The van der Waals surface area contributed by atoms with E-state index < -0.39 is 15.8 Å². The largest absolute Gasteiger partial charge is 0.479 e. The van der Waals surface area contributed by atoms with Crippen LogP contribution in [0.5, 0.6) is 5.88 Å². The van der Waals surface area contributed by atoms with Gasteiger partial charge < -0.3 is 9.64 Å². The molecule has 38 heavy (non-hydrogen) atoms. The first-order valence-electron chi connectivity index (χ1n) is 12.2. The lowest BCUT2D eigenvalue weighted by atomic mass is 10.0. The Balaban J connectivity index is 1.54. The standard InChI is InChI=1S/C28H26FN5O3S/c1-18-7-9-23(10-8-18)38(35,36)34-17-25(19-5-4-6-21(29)11-19)24-12-20(13-30-27(24)34)26-16-33(31-28(26)37-3)22-14-32(2)15-22/h4-13,16-17,22H,14-15H2,1-3H3. The molecule has 3 aromatic heterocycles. The summed E-state index contributed by atoms with van der Waals surface area (Å²) in [6.07, 6.45) is 5.06. The number of likely N-dealkylation sites (N-methyl/N-ethyl adjacent to an activating group) is 1. The first kappa shape index (κ1) is 24.3. The third kappa shape index (κ3) is 4.06. The normalized spacial score (nSPS) is 14.6. The summed E-state index contributed by atoms with van der Waals surface area (Å²) in [5.74, 6) is 0.0436. The Morgan fingerprint density at radius 2 is 1.76 bits per heavy atom. The lowest BCUT2D eigenvalue weighted by Gasteiger charge is -2.35. The van der Waals surface area contributed by atoms with E-state index in [1.165, 1.54) is 22.3 Å². The molecule has 0 unspecified atom stereocenters. The number of benzene rings is 2. The highest BCUT2D eigenvalue weighted by Gasteiger charge is 2.28. The van der Waals surface area contributed by atoms with E-state index in [-0.39, 0.29) is 16.6 Å². The monoisotopic (exact) mass is 531 g/mol. The molecule has 1 aliphatic heterocycles. The number of aryl methyl sites for hydroxylation is 1. The van der Waals surface area contributed by atoms with Gasteiger partial charge in [0.2, 0.25) is 5.88 Å². The fourth-order valence-corrected chi connectivity index (χ4v) is 6.19. The zero-order chi connectivity index (χ0) is 26.6. The van der Waals surface area contributed by atoms with E-state index in [9.17, 15) is 12.8 Å². The SMILES string of the molecule is COc1nn(C2CN(C)C2)cc1-c1cnc2c(c1)c(-c1cccc(F)c1)cn2S(=O)(=O)c1ccc(C)cc1. The molecule has 1 fully saturated rings. The van der Waals surface area contributed by atoms with Crippen LogP contribution in [0.2, 0.25) is 0 Å². The summed E-state index contributed by atoms with van der Waals surface area (Å²) >= 11 is 0. The van der Waals surface area contributed by atoms with Crippen molar-refractivity contribution in [1.82, 2.24) is 23.6 Å². The molecule has 0 N–H and O–H groups in total. The van der Waals surface area contributed by atoms with Gasteiger partial charge in [-0.05, 0) is 49.9 Å². The Morgan fingerprint density at radius 1 is 1.00 bits per heavy atom. The number of fused-ring (bicyclic) bond motifs is 1. The Morgan fingerprint density at radius 3 is 2.45 bits per heavy atom. The van der Waals surface area contributed by atoms with E-state index in [0.29, 0.717) is 22.4 Å². The van der Waals surface area contributed by atoms with Gasteiger partial charge in [0.1, 0.15) is 5.82 Å². The van der Waals surface area contributed by atoms with Crippen LogP contribution in [0, 0.1) is 12.7 Å². The fourth-order valence-electron chi connectivity index (χ4n) is 4.86. The molecule has 5 aromatic rings. The number of pyridine rings is 1. The van der Waals surface area contributed by atoms with Crippen molar-refractivity contribution in [3.8, 4) is 28.1 Å². The zero-order valence-corrected chi connectivity index (χ0v) is 22.0. The third-order valence-corrected chi connectivity index (χ3v) is 8.61. The van der Waals surface area contributed by atoms with Crippen molar-refractivity contribution in [2.75, 3.05) is 27.2 Å². The Kier molecular flexibility index (Phi) is 5.81. The molecule has 0 amide bonds. The molecule has 8 nitrogen and oxygen atoms in total. The highest BCUT2D eigenvalue weighted by molar-refractivity contribution is 7.90. The number of likely N-dealkylation sites (tertiary alicyclic amines) is 1. The van der Waals surface area contributed by atoms with Crippen LogP contribution in [0.4, 0.5) is 4.39 Å². The quantitative estimate of drug-likeness (QED) is 0.315. The number of hydrogen-bond donors (Lipinski definition) is 0. The van der Waals surface area contributed by atoms with Crippen LogP contribution < -0.4 is 4.74 Å². The van der Waals surface area contributed by atoms with Crippen molar-refractivity contribution < 1.29 is 17.5 Å². The summed E-state index contributed by atoms with van der Waals surface area (Å²) in [6.45, 7) is 3.68. The van der Waals surface area contributed by atoms with Crippen molar-refractivity contribution in [2.45, 2.75) is 17.9 Å². The molecular weight excluding hydrogens is 505 g/mol. The van der Waals surface area contributed by atoms with Crippen LogP contribution in [0.25, 0.3) is 33.3 Å². The maximum absolute atomic E-state index is 14.2. The lowest BCUT2D eigenvalue weighted by Crippen LogP contribution is -2.45.